The maximum atomic E-state index is 14.3. The Labute approximate surface area is 226 Å². The molecule has 2 bridgehead atoms. The molecule has 2 saturated heterocycles. The molecule has 3 amide bonds. The van der Waals surface area contributed by atoms with Crippen molar-refractivity contribution in [3.8, 4) is 0 Å². The first-order valence-electron chi connectivity index (χ1n) is 14.0. The van der Waals surface area contributed by atoms with E-state index >= 15 is 0 Å². The number of rotatable bonds is 5. The summed E-state index contributed by atoms with van der Waals surface area (Å²) in [7, 11) is 0. The number of carbonyl (C=O) groups excluding carboxylic acids is 3. The number of amides is 3. The van der Waals surface area contributed by atoms with Crippen molar-refractivity contribution in [3.63, 3.8) is 0 Å². The molecule has 7 unspecified atom stereocenters. The van der Waals surface area contributed by atoms with Crippen molar-refractivity contribution in [3.05, 3.63) is 40.9 Å². The van der Waals surface area contributed by atoms with E-state index in [0.29, 0.717) is 11.6 Å². The van der Waals surface area contributed by atoms with E-state index in [9.17, 15) is 14.4 Å². The van der Waals surface area contributed by atoms with Gasteiger partial charge in [0.05, 0.1) is 17.9 Å². The molecule has 6 rings (SSSR count). The molecule has 5 aliphatic rings. The van der Waals surface area contributed by atoms with Gasteiger partial charge in [0.25, 0.3) is 0 Å². The van der Waals surface area contributed by atoms with Crippen molar-refractivity contribution < 1.29 is 19.1 Å². The molecule has 8 heteroatoms. The molecule has 0 aromatic heterocycles. The molecule has 198 valence electrons. The van der Waals surface area contributed by atoms with Crippen LogP contribution in [0.3, 0.4) is 0 Å². The maximum absolute atomic E-state index is 14.3. The Hall–Kier alpha value is -2.19. The van der Waals surface area contributed by atoms with Gasteiger partial charge in [-0.3, -0.25) is 14.4 Å². The largest absolute Gasteiger partial charge is 0.359 e. The standard InChI is InChI=1S/C29H36BrN3O4/c1-17-7-5-6-10-21(17)33-25(27(35)32-19-8-3-2-4-9-19)29-16-15-22(37-29)23(24(29)28(33)36)26(34)31-20-13-11-18(30)12-14-20/h11-17,19,21-25H,2-10H2,1H3,(H,31,34)(H,32,35). The zero-order valence-electron chi connectivity index (χ0n) is 21.3. The second kappa shape index (κ2) is 9.84. The van der Waals surface area contributed by atoms with E-state index in [1.54, 1.807) is 0 Å². The van der Waals surface area contributed by atoms with E-state index in [4.69, 9.17) is 4.74 Å². The number of benzene rings is 1. The second-order valence-electron chi connectivity index (χ2n) is 11.6. The minimum Gasteiger partial charge on any atom is -0.359 e. The molecule has 7 nitrogen and oxygen atoms in total. The Morgan fingerprint density at radius 2 is 1.70 bits per heavy atom. The molecular formula is C29H36BrN3O4. The zero-order valence-corrected chi connectivity index (χ0v) is 22.9. The van der Waals surface area contributed by atoms with Gasteiger partial charge >= 0.3 is 0 Å². The third kappa shape index (κ3) is 4.24. The molecule has 1 aromatic rings. The molecule has 2 saturated carbocycles. The lowest BCUT2D eigenvalue weighted by atomic mass is 9.74. The van der Waals surface area contributed by atoms with Gasteiger partial charge < -0.3 is 20.3 Å². The number of nitrogens with one attached hydrogen (secondary N) is 2. The SMILES string of the molecule is CC1CCCCC1N1C(=O)C2C(C(=O)Nc3ccc(Br)cc3)C3C=CC2(O3)C1C(=O)NC1CCCCC1. The van der Waals surface area contributed by atoms with E-state index < -0.39 is 29.6 Å². The van der Waals surface area contributed by atoms with Gasteiger partial charge in [0, 0.05) is 22.2 Å². The molecule has 0 radical (unpaired) electrons. The highest BCUT2D eigenvalue weighted by Gasteiger charge is 2.73. The summed E-state index contributed by atoms with van der Waals surface area (Å²) >= 11 is 3.42. The fourth-order valence-electron chi connectivity index (χ4n) is 7.56. The zero-order chi connectivity index (χ0) is 25.7. The summed E-state index contributed by atoms with van der Waals surface area (Å²) in [6, 6.07) is 6.76. The van der Waals surface area contributed by atoms with Crippen LogP contribution in [-0.2, 0) is 19.1 Å². The molecular weight excluding hydrogens is 534 g/mol. The topological polar surface area (TPSA) is 87.7 Å². The van der Waals surface area contributed by atoms with Gasteiger partial charge in [-0.05, 0) is 55.9 Å². The molecule has 2 N–H and O–H groups in total. The number of nitrogens with zero attached hydrogens (tertiary/aromatic N) is 1. The Morgan fingerprint density at radius 1 is 1.00 bits per heavy atom. The molecule has 1 aromatic carbocycles. The van der Waals surface area contributed by atoms with E-state index in [-0.39, 0.29) is 29.8 Å². The van der Waals surface area contributed by atoms with Gasteiger partial charge in [-0.25, -0.2) is 0 Å². The van der Waals surface area contributed by atoms with E-state index in [2.05, 4.69) is 33.5 Å². The molecule has 1 spiro atoms. The second-order valence-corrected chi connectivity index (χ2v) is 12.5. The molecule has 37 heavy (non-hydrogen) atoms. The van der Waals surface area contributed by atoms with Crippen LogP contribution in [0.4, 0.5) is 5.69 Å². The summed E-state index contributed by atoms with van der Waals surface area (Å²) in [4.78, 5) is 43.8. The third-order valence-electron chi connectivity index (χ3n) is 9.35. The fourth-order valence-corrected chi connectivity index (χ4v) is 7.82. The van der Waals surface area contributed by atoms with Crippen LogP contribution in [0.5, 0.6) is 0 Å². The number of hydrogen-bond donors (Lipinski definition) is 2. The van der Waals surface area contributed by atoms with E-state index in [0.717, 1.165) is 55.8 Å². The van der Waals surface area contributed by atoms with Crippen LogP contribution in [0.15, 0.2) is 40.9 Å². The molecule has 4 fully saturated rings. The van der Waals surface area contributed by atoms with Crippen LogP contribution in [-0.4, -0.2) is 52.5 Å². The maximum Gasteiger partial charge on any atom is 0.246 e. The lowest BCUT2D eigenvalue weighted by molar-refractivity contribution is -0.146. The quantitative estimate of drug-likeness (QED) is 0.508. The smallest absolute Gasteiger partial charge is 0.246 e. The third-order valence-corrected chi connectivity index (χ3v) is 9.88. The van der Waals surface area contributed by atoms with E-state index in [1.165, 1.54) is 6.42 Å². The summed E-state index contributed by atoms with van der Waals surface area (Å²) < 4.78 is 7.44. The average Bonchev–Trinajstić information content (AvgIpc) is 3.54. The van der Waals surface area contributed by atoms with Crippen molar-refractivity contribution in [2.75, 3.05) is 5.32 Å². The Kier molecular flexibility index (Phi) is 6.68. The van der Waals surface area contributed by atoms with Crippen LogP contribution in [0.25, 0.3) is 0 Å². The highest BCUT2D eigenvalue weighted by atomic mass is 79.9. The highest BCUT2D eigenvalue weighted by Crippen LogP contribution is 2.56. The van der Waals surface area contributed by atoms with Gasteiger partial charge in [-0.15, -0.1) is 0 Å². The van der Waals surface area contributed by atoms with E-state index in [1.807, 2.05) is 41.3 Å². The average molecular weight is 571 g/mol. The summed E-state index contributed by atoms with van der Waals surface area (Å²) in [5.74, 6) is -1.54. The van der Waals surface area contributed by atoms with Crippen molar-refractivity contribution in [2.24, 2.45) is 17.8 Å². The van der Waals surface area contributed by atoms with Gasteiger partial charge in [0.15, 0.2) is 0 Å². The van der Waals surface area contributed by atoms with Crippen molar-refractivity contribution in [1.82, 2.24) is 10.2 Å². The number of carbonyl (C=O) groups is 3. The first kappa shape index (κ1) is 25.1. The van der Waals surface area contributed by atoms with Crippen LogP contribution >= 0.6 is 15.9 Å². The number of ether oxygens (including phenoxy) is 1. The molecule has 7 atom stereocenters. The highest BCUT2D eigenvalue weighted by molar-refractivity contribution is 9.10. The van der Waals surface area contributed by atoms with Crippen LogP contribution < -0.4 is 10.6 Å². The number of likely N-dealkylation sites (tertiary alicyclic amines) is 1. The fraction of sp³-hybridized carbons (Fsp3) is 0.621. The predicted octanol–water partition coefficient (Wildman–Crippen LogP) is 4.57. The number of hydrogen-bond acceptors (Lipinski definition) is 4. The minimum atomic E-state index is -1.10. The van der Waals surface area contributed by atoms with Gasteiger partial charge in [-0.2, -0.15) is 0 Å². The molecule has 3 heterocycles. The lowest BCUT2D eigenvalue weighted by Gasteiger charge is -2.42. The normalized spacial score (nSPS) is 37.0. The van der Waals surface area contributed by atoms with Crippen molar-refractivity contribution in [1.29, 1.82) is 0 Å². The van der Waals surface area contributed by atoms with Crippen LogP contribution in [0, 0.1) is 17.8 Å². The summed E-state index contributed by atoms with van der Waals surface area (Å²) in [6.45, 7) is 2.19. The first-order chi connectivity index (χ1) is 17.9. The summed E-state index contributed by atoms with van der Waals surface area (Å²) in [6.07, 6.45) is 12.8. The Balaban J connectivity index is 1.33. The van der Waals surface area contributed by atoms with Gasteiger partial charge in [0.1, 0.15) is 11.6 Å². The summed E-state index contributed by atoms with van der Waals surface area (Å²) in [5, 5.41) is 6.29. The van der Waals surface area contributed by atoms with Gasteiger partial charge in [-0.1, -0.05) is 67.1 Å². The minimum absolute atomic E-state index is 0.0189. The number of halogens is 1. The van der Waals surface area contributed by atoms with Crippen molar-refractivity contribution in [2.45, 2.75) is 94.5 Å². The predicted molar refractivity (Wildman–Crippen MR) is 144 cm³/mol. The number of anilines is 1. The van der Waals surface area contributed by atoms with Crippen molar-refractivity contribution >= 4 is 39.3 Å². The summed E-state index contributed by atoms with van der Waals surface area (Å²) in [5.41, 5.74) is -0.428. The molecule has 2 aliphatic carbocycles. The molecule has 3 aliphatic heterocycles. The van der Waals surface area contributed by atoms with Crippen LogP contribution in [0.2, 0.25) is 0 Å². The Morgan fingerprint density at radius 3 is 2.43 bits per heavy atom. The first-order valence-corrected chi connectivity index (χ1v) is 14.7. The van der Waals surface area contributed by atoms with Crippen LogP contribution in [0.1, 0.15) is 64.7 Å². The van der Waals surface area contributed by atoms with Gasteiger partial charge in [0.2, 0.25) is 17.7 Å². The Bertz CT molecular complexity index is 1100. The number of fused-ring (bicyclic) bond motifs is 1. The lowest BCUT2D eigenvalue weighted by Crippen LogP contribution is -2.59. The monoisotopic (exact) mass is 569 g/mol.